The third-order valence-electron chi connectivity index (χ3n) is 4.46. The Hall–Kier alpha value is -3.42. The van der Waals surface area contributed by atoms with Gasteiger partial charge in [0.1, 0.15) is 17.2 Å². The predicted molar refractivity (Wildman–Crippen MR) is 113 cm³/mol. The largest absolute Gasteiger partial charge is 0.438 e. The Kier molecular flexibility index (Phi) is 4.59. The minimum absolute atomic E-state index is 0.314. The molecule has 0 unspecified atom stereocenters. The molecule has 29 heavy (non-hydrogen) atoms. The van der Waals surface area contributed by atoms with Crippen molar-refractivity contribution in [1.29, 1.82) is 0 Å². The Morgan fingerprint density at radius 3 is 2.59 bits per heavy atom. The van der Waals surface area contributed by atoms with Gasteiger partial charge in [0.15, 0.2) is 5.82 Å². The van der Waals surface area contributed by atoms with Crippen LogP contribution in [0.5, 0.6) is 11.6 Å². The summed E-state index contributed by atoms with van der Waals surface area (Å²) in [6.45, 7) is 0.314. The van der Waals surface area contributed by atoms with Crippen molar-refractivity contribution >= 4 is 32.6 Å². The molecular formula is C22H16N4O2S. The van der Waals surface area contributed by atoms with Gasteiger partial charge in [-0.25, -0.2) is 4.98 Å². The molecule has 0 radical (unpaired) electrons. The molecule has 3 heterocycles. The highest BCUT2D eigenvalue weighted by molar-refractivity contribution is 7.17. The molecule has 0 amide bonds. The molecular weight excluding hydrogens is 384 g/mol. The van der Waals surface area contributed by atoms with E-state index in [1.807, 2.05) is 36.4 Å². The summed E-state index contributed by atoms with van der Waals surface area (Å²) in [7, 11) is 1.62. The summed E-state index contributed by atoms with van der Waals surface area (Å²) in [6.07, 6.45) is 3.34. The number of benzene rings is 2. The van der Waals surface area contributed by atoms with Crippen LogP contribution < -0.4 is 4.74 Å². The van der Waals surface area contributed by atoms with Crippen LogP contribution in [0.4, 0.5) is 0 Å². The van der Waals surface area contributed by atoms with Gasteiger partial charge in [-0.2, -0.15) is 4.98 Å². The van der Waals surface area contributed by atoms with Gasteiger partial charge in [0.25, 0.3) is 0 Å². The van der Waals surface area contributed by atoms with E-state index in [4.69, 9.17) is 9.47 Å². The summed E-state index contributed by atoms with van der Waals surface area (Å²) in [5.74, 6) is 1.73. The number of aromatic nitrogens is 4. The minimum atomic E-state index is 0.314. The van der Waals surface area contributed by atoms with Crippen molar-refractivity contribution in [3.05, 3.63) is 72.1 Å². The first-order chi connectivity index (χ1) is 14.3. The lowest BCUT2D eigenvalue weighted by Gasteiger charge is -2.10. The summed E-state index contributed by atoms with van der Waals surface area (Å²) in [5, 5.41) is 2.98. The molecule has 2 aromatic carbocycles. The Morgan fingerprint density at radius 1 is 0.931 bits per heavy atom. The molecule has 0 atom stereocenters. The first-order valence-electron chi connectivity index (χ1n) is 9.03. The summed E-state index contributed by atoms with van der Waals surface area (Å²) in [5.41, 5.74) is 3.72. The zero-order chi connectivity index (χ0) is 19.6. The van der Waals surface area contributed by atoms with Crippen LogP contribution in [0, 0.1) is 0 Å². The lowest BCUT2D eigenvalue weighted by atomic mass is 10.1. The fraction of sp³-hybridized carbons (Fsp3) is 0.0909. The van der Waals surface area contributed by atoms with Crippen molar-refractivity contribution in [2.75, 3.05) is 7.11 Å². The van der Waals surface area contributed by atoms with Gasteiger partial charge >= 0.3 is 0 Å². The van der Waals surface area contributed by atoms with Gasteiger partial charge in [0, 0.05) is 36.5 Å². The molecule has 0 aliphatic rings. The van der Waals surface area contributed by atoms with Gasteiger partial charge in [0.2, 0.25) is 5.88 Å². The van der Waals surface area contributed by atoms with E-state index in [-0.39, 0.29) is 0 Å². The molecule has 5 rings (SSSR count). The summed E-state index contributed by atoms with van der Waals surface area (Å²) < 4.78 is 11.5. The standard InChI is InChI=1S/C22H16N4O2S/c1-27-12-19-25-21(28-15-7-8-17-18(11-15)24-10-9-23-17)20-16(13-29-22(20)26-19)14-5-3-2-4-6-14/h2-11,13H,12H2,1H3. The molecule has 0 aliphatic carbocycles. The first kappa shape index (κ1) is 17.7. The minimum Gasteiger partial charge on any atom is -0.438 e. The van der Waals surface area contributed by atoms with E-state index in [1.165, 1.54) is 0 Å². The van der Waals surface area contributed by atoms with Crippen molar-refractivity contribution in [2.24, 2.45) is 0 Å². The van der Waals surface area contributed by atoms with Gasteiger partial charge in [0.05, 0.1) is 16.4 Å². The normalized spacial score (nSPS) is 11.2. The van der Waals surface area contributed by atoms with Crippen molar-refractivity contribution < 1.29 is 9.47 Å². The van der Waals surface area contributed by atoms with E-state index in [0.717, 1.165) is 32.4 Å². The van der Waals surface area contributed by atoms with Gasteiger partial charge in [-0.15, -0.1) is 11.3 Å². The molecule has 3 aromatic heterocycles. The van der Waals surface area contributed by atoms with E-state index in [0.29, 0.717) is 24.1 Å². The fourth-order valence-corrected chi connectivity index (χ4v) is 4.12. The number of fused-ring (bicyclic) bond motifs is 2. The van der Waals surface area contributed by atoms with Crippen LogP contribution in [0.1, 0.15) is 5.82 Å². The van der Waals surface area contributed by atoms with Gasteiger partial charge < -0.3 is 9.47 Å². The van der Waals surface area contributed by atoms with Crippen LogP contribution in [0.2, 0.25) is 0 Å². The van der Waals surface area contributed by atoms with Crippen LogP contribution in [0.15, 0.2) is 66.3 Å². The smallest absolute Gasteiger partial charge is 0.232 e. The molecule has 7 heteroatoms. The van der Waals surface area contributed by atoms with Crippen molar-refractivity contribution in [2.45, 2.75) is 6.61 Å². The van der Waals surface area contributed by atoms with Crippen molar-refractivity contribution in [1.82, 2.24) is 19.9 Å². The Morgan fingerprint density at radius 2 is 1.76 bits per heavy atom. The van der Waals surface area contributed by atoms with Gasteiger partial charge in [-0.3, -0.25) is 9.97 Å². The second-order valence-corrected chi connectivity index (χ2v) is 7.24. The van der Waals surface area contributed by atoms with E-state index in [1.54, 1.807) is 30.8 Å². The van der Waals surface area contributed by atoms with E-state index in [9.17, 15) is 0 Å². The molecule has 0 N–H and O–H groups in total. The van der Waals surface area contributed by atoms with Crippen LogP contribution >= 0.6 is 11.3 Å². The predicted octanol–water partition coefficient (Wildman–Crippen LogP) is 5.24. The Balaban J connectivity index is 1.66. The first-order valence-corrected chi connectivity index (χ1v) is 9.91. The van der Waals surface area contributed by atoms with E-state index < -0.39 is 0 Å². The number of thiophene rings is 1. The fourth-order valence-electron chi connectivity index (χ4n) is 3.17. The number of ether oxygens (including phenoxy) is 2. The summed E-state index contributed by atoms with van der Waals surface area (Å²) in [6, 6.07) is 15.8. The van der Waals surface area contributed by atoms with Crippen molar-refractivity contribution in [3.63, 3.8) is 0 Å². The molecule has 0 spiro atoms. The van der Waals surface area contributed by atoms with Crippen LogP contribution in [-0.4, -0.2) is 27.0 Å². The quantitative estimate of drug-likeness (QED) is 0.402. The van der Waals surface area contributed by atoms with Crippen LogP contribution in [0.25, 0.3) is 32.4 Å². The lowest BCUT2D eigenvalue weighted by molar-refractivity contribution is 0.177. The summed E-state index contributed by atoms with van der Waals surface area (Å²) >= 11 is 1.57. The Bertz CT molecular complexity index is 1300. The molecule has 0 fully saturated rings. The zero-order valence-electron chi connectivity index (χ0n) is 15.6. The highest BCUT2D eigenvalue weighted by atomic mass is 32.1. The van der Waals surface area contributed by atoms with Gasteiger partial charge in [-0.1, -0.05) is 30.3 Å². The van der Waals surface area contributed by atoms with Crippen LogP contribution in [-0.2, 0) is 11.3 Å². The monoisotopic (exact) mass is 400 g/mol. The molecule has 0 saturated heterocycles. The molecule has 0 bridgehead atoms. The SMILES string of the molecule is COCc1nc(Oc2ccc3nccnc3c2)c2c(-c3ccccc3)csc2n1. The highest BCUT2D eigenvalue weighted by Crippen LogP contribution is 2.39. The van der Waals surface area contributed by atoms with Crippen LogP contribution in [0.3, 0.4) is 0 Å². The maximum atomic E-state index is 6.24. The maximum Gasteiger partial charge on any atom is 0.232 e. The highest BCUT2D eigenvalue weighted by Gasteiger charge is 2.17. The average molecular weight is 400 g/mol. The van der Waals surface area contributed by atoms with E-state index in [2.05, 4.69) is 37.4 Å². The topological polar surface area (TPSA) is 70.0 Å². The molecule has 5 aromatic rings. The average Bonchev–Trinajstić information content (AvgIpc) is 3.19. The molecule has 0 saturated carbocycles. The lowest BCUT2D eigenvalue weighted by Crippen LogP contribution is -2.00. The summed E-state index contributed by atoms with van der Waals surface area (Å²) in [4.78, 5) is 18.8. The second kappa shape index (κ2) is 7.54. The third-order valence-corrected chi connectivity index (χ3v) is 5.33. The molecule has 6 nitrogen and oxygen atoms in total. The van der Waals surface area contributed by atoms with E-state index >= 15 is 0 Å². The maximum absolute atomic E-state index is 6.24. The zero-order valence-corrected chi connectivity index (χ0v) is 16.4. The number of hydrogen-bond donors (Lipinski definition) is 0. The molecule has 0 aliphatic heterocycles. The number of nitrogens with zero attached hydrogens (tertiary/aromatic N) is 4. The molecule has 142 valence electrons. The number of hydrogen-bond acceptors (Lipinski definition) is 7. The van der Waals surface area contributed by atoms with Crippen molar-refractivity contribution in [3.8, 4) is 22.8 Å². The number of rotatable bonds is 5. The third kappa shape index (κ3) is 3.41. The second-order valence-electron chi connectivity index (χ2n) is 6.38. The Labute approximate surface area is 170 Å². The van der Waals surface area contributed by atoms with Gasteiger partial charge in [-0.05, 0) is 17.7 Å². The number of methoxy groups -OCH3 is 1.